The maximum atomic E-state index is 11.3. The van der Waals surface area contributed by atoms with Gasteiger partial charge in [-0.25, -0.2) is 0 Å². The number of amides is 1. The van der Waals surface area contributed by atoms with E-state index in [0.29, 0.717) is 0 Å². The summed E-state index contributed by atoms with van der Waals surface area (Å²) in [6.45, 7) is 2.10. The third-order valence-electron chi connectivity index (χ3n) is 2.12. The zero-order chi connectivity index (χ0) is 12.7. The number of hydrazine groups is 1. The molecular weight excluding hydrogens is 234 g/mol. The van der Waals surface area contributed by atoms with Crippen molar-refractivity contribution in [2.75, 3.05) is 0 Å². The minimum Gasteiger partial charge on any atom is -0.375 e. The highest BCUT2D eigenvalue weighted by Gasteiger charge is 1.94. The molecule has 4 N–H and O–H groups in total. The number of benzene rings is 1. The smallest absolute Gasteiger partial charge is 0.262 e. The molecule has 0 bridgehead atoms. The van der Waals surface area contributed by atoms with Gasteiger partial charge in [0.2, 0.25) is 0 Å². The predicted octanol–water partition coefficient (Wildman–Crippen LogP) is 1.13. The topological polar surface area (TPSA) is 67.2 Å². The van der Waals surface area contributed by atoms with E-state index in [2.05, 4.69) is 30.0 Å². The van der Waals surface area contributed by atoms with E-state index in [0.717, 1.165) is 12.0 Å². The van der Waals surface area contributed by atoms with Gasteiger partial charge in [0.25, 0.3) is 5.91 Å². The average Bonchev–Trinajstić information content (AvgIpc) is 2.34. The second kappa shape index (κ2) is 6.65. The van der Waals surface area contributed by atoms with Crippen molar-refractivity contribution in [1.29, 1.82) is 0 Å². The zero-order valence-corrected chi connectivity index (χ0v) is 10.4. The van der Waals surface area contributed by atoms with Crippen LogP contribution in [-0.2, 0) is 11.2 Å². The Bertz CT molecular complexity index is 426. The number of carbonyl (C=O) groups excluding carboxylic acids is 1. The van der Waals surface area contributed by atoms with E-state index in [9.17, 15) is 4.79 Å². The van der Waals surface area contributed by atoms with Gasteiger partial charge < -0.3 is 5.73 Å². The molecular formula is C12H15N3OS. The fourth-order valence-electron chi connectivity index (χ4n) is 1.20. The molecule has 5 heteroatoms. The van der Waals surface area contributed by atoms with Gasteiger partial charge in [-0.3, -0.25) is 15.6 Å². The standard InChI is InChI=1S/C12H15N3OS/c1-2-9-3-5-10(6-4-9)7-8-11(16)14-15-12(13)17/h3-8H,2H2,1H3,(H,14,16)(H3,13,15,17)/b8-7+. The second-order valence-corrected chi connectivity index (χ2v) is 3.85. The lowest BCUT2D eigenvalue weighted by molar-refractivity contribution is -0.116. The summed E-state index contributed by atoms with van der Waals surface area (Å²) < 4.78 is 0. The van der Waals surface area contributed by atoms with Crippen molar-refractivity contribution in [3.05, 3.63) is 41.5 Å². The lowest BCUT2D eigenvalue weighted by Gasteiger charge is -2.02. The SMILES string of the molecule is CCc1ccc(/C=C/C(=O)NNC(N)=S)cc1. The van der Waals surface area contributed by atoms with Crippen LogP contribution in [0.1, 0.15) is 18.1 Å². The van der Waals surface area contributed by atoms with Crippen molar-refractivity contribution in [2.24, 2.45) is 5.73 Å². The highest BCUT2D eigenvalue weighted by atomic mass is 32.1. The summed E-state index contributed by atoms with van der Waals surface area (Å²) >= 11 is 4.55. The minimum absolute atomic E-state index is 0.0269. The van der Waals surface area contributed by atoms with E-state index >= 15 is 0 Å². The van der Waals surface area contributed by atoms with E-state index in [4.69, 9.17) is 5.73 Å². The number of hydrogen-bond acceptors (Lipinski definition) is 2. The Morgan fingerprint density at radius 2 is 2.00 bits per heavy atom. The van der Waals surface area contributed by atoms with Crippen molar-refractivity contribution in [3.8, 4) is 0 Å². The van der Waals surface area contributed by atoms with E-state index in [-0.39, 0.29) is 11.0 Å². The quantitative estimate of drug-likeness (QED) is 0.427. The van der Waals surface area contributed by atoms with Crippen LogP contribution in [0, 0.1) is 0 Å². The molecule has 0 atom stereocenters. The van der Waals surface area contributed by atoms with Crippen LogP contribution in [-0.4, -0.2) is 11.0 Å². The Labute approximate surface area is 106 Å². The van der Waals surface area contributed by atoms with Gasteiger partial charge in [0.1, 0.15) is 0 Å². The summed E-state index contributed by atoms with van der Waals surface area (Å²) in [6.07, 6.45) is 4.13. The molecule has 1 aromatic rings. The highest BCUT2D eigenvalue weighted by molar-refractivity contribution is 7.80. The predicted molar refractivity (Wildman–Crippen MR) is 72.9 cm³/mol. The molecule has 0 saturated heterocycles. The first kappa shape index (κ1) is 13.2. The van der Waals surface area contributed by atoms with E-state index in [1.807, 2.05) is 24.3 Å². The van der Waals surface area contributed by atoms with Crippen molar-refractivity contribution in [1.82, 2.24) is 10.9 Å². The fourth-order valence-corrected chi connectivity index (χ4v) is 1.25. The molecule has 90 valence electrons. The number of rotatable bonds is 3. The third kappa shape index (κ3) is 5.12. The first-order valence-corrected chi connectivity index (χ1v) is 5.65. The number of aryl methyl sites for hydroxylation is 1. The summed E-state index contributed by atoms with van der Waals surface area (Å²) in [5.74, 6) is -0.308. The van der Waals surface area contributed by atoms with Crippen molar-refractivity contribution < 1.29 is 4.79 Å². The van der Waals surface area contributed by atoms with Gasteiger partial charge in [-0.2, -0.15) is 0 Å². The zero-order valence-electron chi connectivity index (χ0n) is 9.57. The summed E-state index contributed by atoms with van der Waals surface area (Å²) in [4.78, 5) is 11.3. The molecule has 17 heavy (non-hydrogen) atoms. The number of hydrogen-bond donors (Lipinski definition) is 3. The van der Waals surface area contributed by atoms with Gasteiger partial charge in [-0.15, -0.1) is 0 Å². The molecule has 1 aromatic carbocycles. The molecule has 0 saturated carbocycles. The lowest BCUT2D eigenvalue weighted by Crippen LogP contribution is -2.43. The number of nitrogens with two attached hydrogens (primary N) is 1. The molecule has 0 aromatic heterocycles. The third-order valence-corrected chi connectivity index (χ3v) is 2.23. The van der Waals surface area contributed by atoms with Gasteiger partial charge in [-0.1, -0.05) is 31.2 Å². The van der Waals surface area contributed by atoms with Gasteiger partial charge in [0.15, 0.2) is 5.11 Å². The second-order valence-electron chi connectivity index (χ2n) is 3.41. The van der Waals surface area contributed by atoms with Gasteiger partial charge in [0.05, 0.1) is 0 Å². The molecule has 1 amide bonds. The van der Waals surface area contributed by atoms with Crippen LogP contribution in [0.15, 0.2) is 30.3 Å². The largest absolute Gasteiger partial charge is 0.375 e. The van der Waals surface area contributed by atoms with Gasteiger partial charge in [0, 0.05) is 6.08 Å². The van der Waals surface area contributed by atoms with E-state index in [1.165, 1.54) is 11.6 Å². The lowest BCUT2D eigenvalue weighted by atomic mass is 10.1. The molecule has 0 aliphatic carbocycles. The molecule has 1 rings (SSSR count). The maximum absolute atomic E-state index is 11.3. The van der Waals surface area contributed by atoms with Gasteiger partial charge in [-0.05, 0) is 35.8 Å². The normalized spacial score (nSPS) is 10.2. The Balaban J connectivity index is 2.51. The Kier molecular flexibility index (Phi) is 5.16. The van der Waals surface area contributed by atoms with Crippen LogP contribution in [0.3, 0.4) is 0 Å². The molecule has 0 radical (unpaired) electrons. The summed E-state index contributed by atoms with van der Waals surface area (Å²) in [5, 5.41) is 0.0269. The van der Waals surface area contributed by atoms with Crippen molar-refractivity contribution in [2.45, 2.75) is 13.3 Å². The molecule has 0 unspecified atom stereocenters. The molecule has 0 fully saturated rings. The molecule has 0 aliphatic heterocycles. The first-order chi connectivity index (χ1) is 8.11. The Morgan fingerprint density at radius 3 is 2.53 bits per heavy atom. The Morgan fingerprint density at radius 1 is 1.35 bits per heavy atom. The molecule has 4 nitrogen and oxygen atoms in total. The summed E-state index contributed by atoms with van der Waals surface area (Å²) in [6, 6.07) is 7.99. The van der Waals surface area contributed by atoms with Crippen LogP contribution in [0.2, 0.25) is 0 Å². The average molecular weight is 249 g/mol. The minimum atomic E-state index is -0.308. The van der Waals surface area contributed by atoms with Crippen LogP contribution in [0.4, 0.5) is 0 Å². The summed E-state index contributed by atoms with van der Waals surface area (Å²) in [7, 11) is 0. The molecule has 0 aliphatic rings. The van der Waals surface area contributed by atoms with Crippen LogP contribution in [0.5, 0.6) is 0 Å². The van der Waals surface area contributed by atoms with E-state index in [1.54, 1.807) is 6.08 Å². The number of thiocarbonyl (C=S) groups is 1. The molecule has 0 spiro atoms. The molecule has 0 heterocycles. The van der Waals surface area contributed by atoms with Crippen molar-refractivity contribution >= 4 is 29.3 Å². The summed E-state index contributed by atoms with van der Waals surface area (Å²) in [5.41, 5.74) is 12.1. The van der Waals surface area contributed by atoms with E-state index < -0.39 is 0 Å². The van der Waals surface area contributed by atoms with Crippen LogP contribution in [0.25, 0.3) is 6.08 Å². The van der Waals surface area contributed by atoms with Crippen LogP contribution < -0.4 is 16.6 Å². The highest BCUT2D eigenvalue weighted by Crippen LogP contribution is 2.06. The monoisotopic (exact) mass is 249 g/mol. The fraction of sp³-hybridized carbons (Fsp3) is 0.167. The van der Waals surface area contributed by atoms with Crippen LogP contribution >= 0.6 is 12.2 Å². The Hall–Kier alpha value is -1.88. The maximum Gasteiger partial charge on any atom is 0.262 e. The van der Waals surface area contributed by atoms with Crippen molar-refractivity contribution in [3.63, 3.8) is 0 Å². The number of nitrogens with one attached hydrogen (secondary N) is 2. The number of carbonyl (C=O) groups is 1. The first-order valence-electron chi connectivity index (χ1n) is 5.24. The van der Waals surface area contributed by atoms with Gasteiger partial charge >= 0.3 is 0 Å².